The molecule has 6 nitrogen and oxygen atoms in total. The van der Waals surface area contributed by atoms with Crippen molar-refractivity contribution in [3.8, 4) is 0 Å². The maximum atomic E-state index is 12.0. The summed E-state index contributed by atoms with van der Waals surface area (Å²) in [5, 5.41) is 0. The number of unbranched alkanes of at least 4 members (excludes halogenated alkanes) is 37. The largest absolute Gasteiger partial charge is 0.393 e. The fourth-order valence-corrected chi connectivity index (χ4v) is 7.69. The quantitative estimate of drug-likeness (QED) is 0.0347. The van der Waals surface area contributed by atoms with Gasteiger partial charge in [-0.1, -0.05) is 245 Å². The van der Waals surface area contributed by atoms with Crippen LogP contribution in [0.15, 0.2) is 0 Å². The van der Waals surface area contributed by atoms with Gasteiger partial charge in [-0.3, -0.25) is 19.2 Å². The second-order valence-electron chi connectivity index (χ2n) is 17.1. The number of carbonyl (C=O) groups is 4. The average molecular weight is 791 g/mol. The molecule has 0 fully saturated rings. The van der Waals surface area contributed by atoms with Crippen LogP contribution in [0.4, 0.5) is 0 Å². The summed E-state index contributed by atoms with van der Waals surface area (Å²) in [4.78, 5) is 47.9. The molecule has 0 spiro atoms. The summed E-state index contributed by atoms with van der Waals surface area (Å²) in [5.41, 5.74) is 0. The zero-order chi connectivity index (χ0) is 40.8. The number of rotatable bonds is 45. The smallest absolute Gasteiger partial charge is 0.313 e. The van der Waals surface area contributed by atoms with Gasteiger partial charge in [-0.15, -0.1) is 0 Å². The number of carbonyl (C=O) groups excluding carboxylic acids is 4. The molecule has 0 saturated carbocycles. The van der Waals surface area contributed by atoms with Crippen molar-refractivity contribution < 1.29 is 28.7 Å². The molecule has 0 aromatic carbocycles. The van der Waals surface area contributed by atoms with Gasteiger partial charge in [0.25, 0.3) is 0 Å². The van der Waals surface area contributed by atoms with Gasteiger partial charge in [-0.2, -0.15) is 0 Å². The van der Waals surface area contributed by atoms with Crippen LogP contribution in [0.3, 0.4) is 0 Å². The van der Waals surface area contributed by atoms with Crippen LogP contribution in [0.5, 0.6) is 0 Å². The summed E-state index contributed by atoms with van der Waals surface area (Å²) in [5.74, 6) is -1.37. The number of esters is 4. The predicted molar refractivity (Wildman–Crippen MR) is 237 cm³/mol. The van der Waals surface area contributed by atoms with Crippen LogP contribution in [0.1, 0.15) is 296 Å². The van der Waals surface area contributed by atoms with E-state index in [-0.39, 0.29) is 23.9 Å². The lowest BCUT2D eigenvalue weighted by Crippen LogP contribution is -2.11. The Bertz CT molecular complexity index is 800. The van der Waals surface area contributed by atoms with Crippen LogP contribution in [0.2, 0.25) is 0 Å². The van der Waals surface area contributed by atoms with Crippen LogP contribution in [-0.2, 0) is 28.7 Å². The highest BCUT2D eigenvalue weighted by Gasteiger charge is 2.11. The predicted octanol–water partition coefficient (Wildman–Crippen LogP) is 16.3. The Hall–Kier alpha value is -1.72. The van der Waals surface area contributed by atoms with Crippen molar-refractivity contribution in [3.05, 3.63) is 0 Å². The Morgan fingerprint density at radius 2 is 0.339 bits per heavy atom. The molecule has 0 rings (SSSR count). The molecule has 330 valence electrons. The molecule has 0 atom stereocenters. The summed E-state index contributed by atoms with van der Waals surface area (Å²) in [6.45, 7) is 4.51. The summed E-state index contributed by atoms with van der Waals surface area (Å²) in [6, 6.07) is 0. The third-order valence-electron chi connectivity index (χ3n) is 11.4. The molecule has 0 saturated heterocycles. The second-order valence-corrected chi connectivity index (χ2v) is 17.1. The van der Waals surface area contributed by atoms with Crippen molar-refractivity contribution in [2.45, 2.75) is 296 Å². The van der Waals surface area contributed by atoms with Crippen molar-refractivity contribution in [1.29, 1.82) is 0 Å². The lowest BCUT2D eigenvalue weighted by Gasteiger charge is -2.05. The molecular formula is C50H94O6. The minimum absolute atomic E-state index is 0.342. The lowest BCUT2D eigenvalue weighted by atomic mass is 10.0. The first-order valence-corrected chi connectivity index (χ1v) is 25.0. The number of hydrogen-bond donors (Lipinski definition) is 0. The minimum atomic E-state index is -0.343. The second kappa shape index (κ2) is 46.0. The SMILES string of the molecule is CCCCCCCCCCCCCC(=O)OC(=O)CCCCCCCCCCCCCCCCCCCCC(=O)OC(=O)CCCCCCCCCCCCC. The molecule has 0 heterocycles. The first kappa shape index (κ1) is 54.3. The van der Waals surface area contributed by atoms with Gasteiger partial charge in [0.05, 0.1) is 0 Å². The molecule has 0 aliphatic carbocycles. The summed E-state index contributed by atoms with van der Waals surface area (Å²) in [6.07, 6.45) is 50.6. The zero-order valence-electron chi connectivity index (χ0n) is 37.6. The van der Waals surface area contributed by atoms with Gasteiger partial charge in [-0.05, 0) is 25.7 Å². The fourth-order valence-electron chi connectivity index (χ4n) is 7.69. The normalized spacial score (nSPS) is 11.2. The van der Waals surface area contributed by atoms with E-state index in [1.807, 2.05) is 0 Å². The molecule has 6 heteroatoms. The highest BCUT2D eigenvalue weighted by atomic mass is 16.6. The maximum absolute atomic E-state index is 12.0. The monoisotopic (exact) mass is 791 g/mol. The van der Waals surface area contributed by atoms with E-state index in [1.165, 1.54) is 193 Å². The van der Waals surface area contributed by atoms with Gasteiger partial charge >= 0.3 is 23.9 Å². The van der Waals surface area contributed by atoms with Crippen LogP contribution < -0.4 is 0 Å². The highest BCUT2D eigenvalue weighted by Crippen LogP contribution is 2.17. The molecule has 0 amide bonds. The van der Waals surface area contributed by atoms with Gasteiger partial charge in [-0.25, -0.2) is 0 Å². The summed E-state index contributed by atoms with van der Waals surface area (Å²) < 4.78 is 10.0. The van der Waals surface area contributed by atoms with Crippen molar-refractivity contribution in [1.82, 2.24) is 0 Å². The zero-order valence-corrected chi connectivity index (χ0v) is 37.6. The van der Waals surface area contributed by atoms with Crippen LogP contribution in [0, 0.1) is 0 Å². The molecule has 0 bridgehead atoms. The third kappa shape index (κ3) is 45.0. The van der Waals surface area contributed by atoms with Gasteiger partial charge < -0.3 is 9.47 Å². The maximum Gasteiger partial charge on any atom is 0.313 e. The molecule has 0 unspecified atom stereocenters. The lowest BCUT2D eigenvalue weighted by molar-refractivity contribution is -0.161. The van der Waals surface area contributed by atoms with Gasteiger partial charge in [0.15, 0.2) is 0 Å². The molecule has 56 heavy (non-hydrogen) atoms. The Morgan fingerprint density at radius 3 is 0.482 bits per heavy atom. The van der Waals surface area contributed by atoms with Gasteiger partial charge in [0.1, 0.15) is 0 Å². The molecule has 0 aliphatic heterocycles. The summed E-state index contributed by atoms with van der Waals surface area (Å²) >= 11 is 0. The minimum Gasteiger partial charge on any atom is -0.393 e. The van der Waals surface area contributed by atoms with Crippen LogP contribution >= 0.6 is 0 Å². The van der Waals surface area contributed by atoms with Crippen molar-refractivity contribution >= 4 is 23.9 Å². The van der Waals surface area contributed by atoms with E-state index >= 15 is 0 Å². The Kier molecular flexibility index (Phi) is 44.6. The molecule has 0 aromatic heterocycles. The Morgan fingerprint density at radius 1 is 0.214 bits per heavy atom. The van der Waals surface area contributed by atoms with Crippen LogP contribution in [0.25, 0.3) is 0 Å². The van der Waals surface area contributed by atoms with E-state index in [2.05, 4.69) is 13.8 Å². The summed E-state index contributed by atoms with van der Waals surface area (Å²) in [7, 11) is 0. The van der Waals surface area contributed by atoms with Crippen LogP contribution in [-0.4, -0.2) is 23.9 Å². The number of ether oxygens (including phenoxy) is 2. The van der Waals surface area contributed by atoms with E-state index in [0.29, 0.717) is 25.7 Å². The van der Waals surface area contributed by atoms with Crippen molar-refractivity contribution in [3.63, 3.8) is 0 Å². The molecule has 0 N–H and O–H groups in total. The molecule has 0 aromatic rings. The van der Waals surface area contributed by atoms with E-state index in [1.54, 1.807) is 0 Å². The van der Waals surface area contributed by atoms with Crippen molar-refractivity contribution in [2.75, 3.05) is 0 Å². The highest BCUT2D eigenvalue weighted by molar-refractivity contribution is 5.85. The van der Waals surface area contributed by atoms with E-state index in [9.17, 15) is 19.2 Å². The molecule has 0 aliphatic rings. The molecule has 0 radical (unpaired) electrons. The first-order valence-electron chi connectivity index (χ1n) is 25.0. The first-order chi connectivity index (χ1) is 27.5. The fraction of sp³-hybridized carbons (Fsp3) is 0.920. The van der Waals surface area contributed by atoms with Crippen molar-refractivity contribution in [2.24, 2.45) is 0 Å². The number of hydrogen-bond acceptors (Lipinski definition) is 6. The average Bonchev–Trinajstić information content (AvgIpc) is 3.18. The topological polar surface area (TPSA) is 86.7 Å². The van der Waals surface area contributed by atoms with Gasteiger partial charge in [0.2, 0.25) is 0 Å². The van der Waals surface area contributed by atoms with E-state index < -0.39 is 0 Å². The Balaban J connectivity index is 3.32. The molecular weight excluding hydrogens is 697 g/mol. The van der Waals surface area contributed by atoms with E-state index in [4.69, 9.17) is 9.47 Å². The Labute approximate surface area is 347 Å². The van der Waals surface area contributed by atoms with E-state index in [0.717, 1.165) is 64.2 Å². The van der Waals surface area contributed by atoms with Gasteiger partial charge in [0, 0.05) is 25.7 Å². The third-order valence-corrected chi connectivity index (χ3v) is 11.4. The standard InChI is InChI=1S/C50H94O6/c1-3-5-7-9-11-13-23-27-31-35-39-43-47(51)55-49(53)45-41-37-33-29-25-21-19-17-15-16-18-20-22-26-30-34-38-42-46-50(54)56-48(52)44-40-36-32-28-24-14-12-10-8-6-4-2/h3-46H2,1-2H3.